The molecule has 1 amide bonds. The second-order valence-electron chi connectivity index (χ2n) is 6.90. The number of anilines is 1. The van der Waals surface area contributed by atoms with Gasteiger partial charge in [0.2, 0.25) is 15.7 Å². The lowest BCUT2D eigenvalue weighted by Gasteiger charge is -2.14. The molecule has 0 fully saturated rings. The Morgan fingerprint density at radius 3 is 2.42 bits per heavy atom. The van der Waals surface area contributed by atoms with Crippen LogP contribution in [-0.2, 0) is 21.2 Å². The predicted octanol–water partition coefficient (Wildman–Crippen LogP) is 4.93. The van der Waals surface area contributed by atoms with E-state index < -0.39 is 9.84 Å². The minimum Gasteiger partial charge on any atom is -0.375 e. The van der Waals surface area contributed by atoms with Crippen molar-refractivity contribution in [1.29, 1.82) is 0 Å². The van der Waals surface area contributed by atoms with Crippen LogP contribution in [0.2, 0.25) is 5.02 Å². The minimum atomic E-state index is -3.75. The molecule has 3 aromatic carbocycles. The first-order chi connectivity index (χ1) is 14.8. The molecule has 3 aromatic rings. The lowest BCUT2D eigenvalue weighted by Crippen LogP contribution is -2.29. The number of sulfone groups is 1. The number of hydrogen-bond donors (Lipinski definition) is 2. The molecule has 0 spiro atoms. The number of nitrogens with one attached hydrogen (secondary N) is 2. The zero-order chi connectivity index (χ0) is 22.4. The van der Waals surface area contributed by atoms with E-state index in [9.17, 15) is 13.2 Å². The van der Waals surface area contributed by atoms with Gasteiger partial charge < -0.3 is 10.6 Å². The fourth-order valence-electron chi connectivity index (χ4n) is 2.95. The molecule has 0 bridgehead atoms. The number of halogens is 1. The molecule has 3 rings (SSSR count). The molecule has 0 aliphatic heterocycles. The third-order valence-electron chi connectivity index (χ3n) is 4.67. The monoisotopic (exact) mass is 474 g/mol. The summed E-state index contributed by atoms with van der Waals surface area (Å²) < 4.78 is 26.5. The average Bonchev–Trinajstić information content (AvgIpc) is 2.77. The number of hydrogen-bond acceptors (Lipinski definition) is 5. The summed E-state index contributed by atoms with van der Waals surface area (Å²) in [5.74, 6) is -0.270. The van der Waals surface area contributed by atoms with E-state index in [1.54, 1.807) is 60.3 Å². The lowest BCUT2D eigenvalue weighted by atomic mass is 10.2. The second kappa shape index (κ2) is 10.2. The van der Waals surface area contributed by atoms with E-state index in [4.69, 9.17) is 11.6 Å². The molecule has 0 aliphatic carbocycles. The number of carbonyl (C=O) groups excluding carboxylic acids is 1. The minimum absolute atomic E-state index is 0.0680. The highest BCUT2D eigenvalue weighted by Gasteiger charge is 2.22. The molecule has 0 saturated carbocycles. The third kappa shape index (κ3) is 5.81. The van der Waals surface area contributed by atoms with Gasteiger partial charge in [-0.1, -0.05) is 35.9 Å². The Kier molecular flexibility index (Phi) is 7.64. The molecular weight excluding hydrogens is 452 g/mol. The van der Waals surface area contributed by atoms with Gasteiger partial charge in [0.25, 0.3) is 0 Å². The lowest BCUT2D eigenvalue weighted by molar-refractivity contribution is -0.119. The van der Waals surface area contributed by atoms with E-state index in [1.807, 2.05) is 31.4 Å². The van der Waals surface area contributed by atoms with Gasteiger partial charge in [0.15, 0.2) is 0 Å². The van der Waals surface area contributed by atoms with Crippen LogP contribution < -0.4 is 10.6 Å². The standard InChI is InChI=1S/C23H23ClN2O3S2/c1-16-7-12-21(25-15-23(27)26-14-17-5-3-4-6-20(17)24)22(13-16)31(28,29)19-10-8-18(30-2)9-11-19/h3-13,25H,14-15H2,1-2H3,(H,26,27). The number of benzene rings is 3. The van der Waals surface area contributed by atoms with Crippen LogP contribution in [0.15, 0.2) is 81.4 Å². The highest BCUT2D eigenvalue weighted by Crippen LogP contribution is 2.29. The summed E-state index contributed by atoms with van der Waals surface area (Å²) in [5, 5.41) is 6.33. The zero-order valence-corrected chi connectivity index (χ0v) is 19.6. The van der Waals surface area contributed by atoms with Crippen molar-refractivity contribution in [2.24, 2.45) is 0 Å². The van der Waals surface area contributed by atoms with Crippen LogP contribution in [0.1, 0.15) is 11.1 Å². The van der Waals surface area contributed by atoms with E-state index in [1.165, 1.54) is 0 Å². The summed E-state index contributed by atoms with van der Waals surface area (Å²) >= 11 is 7.65. The first kappa shape index (κ1) is 23.2. The first-order valence-corrected chi connectivity index (χ1v) is 12.6. The molecule has 0 unspecified atom stereocenters. The van der Waals surface area contributed by atoms with Gasteiger partial charge in [-0.15, -0.1) is 11.8 Å². The van der Waals surface area contributed by atoms with Crippen LogP contribution in [0.4, 0.5) is 5.69 Å². The van der Waals surface area contributed by atoms with Crippen molar-refractivity contribution in [1.82, 2.24) is 5.32 Å². The average molecular weight is 475 g/mol. The SMILES string of the molecule is CSc1ccc(S(=O)(=O)c2cc(C)ccc2NCC(=O)NCc2ccccc2Cl)cc1. The van der Waals surface area contributed by atoms with Crippen LogP contribution >= 0.6 is 23.4 Å². The fraction of sp³-hybridized carbons (Fsp3) is 0.174. The maximum Gasteiger partial charge on any atom is 0.239 e. The van der Waals surface area contributed by atoms with Gasteiger partial charge in [-0.25, -0.2) is 8.42 Å². The predicted molar refractivity (Wildman–Crippen MR) is 127 cm³/mol. The quantitative estimate of drug-likeness (QED) is 0.453. The summed E-state index contributed by atoms with van der Waals surface area (Å²) in [7, 11) is -3.75. The van der Waals surface area contributed by atoms with Crippen LogP contribution in [0, 0.1) is 6.92 Å². The van der Waals surface area contributed by atoms with Crippen molar-refractivity contribution < 1.29 is 13.2 Å². The van der Waals surface area contributed by atoms with E-state index in [0.29, 0.717) is 17.3 Å². The van der Waals surface area contributed by atoms with Gasteiger partial charge in [-0.3, -0.25) is 4.79 Å². The molecule has 0 saturated heterocycles. The number of thioether (sulfide) groups is 1. The maximum atomic E-state index is 13.2. The van der Waals surface area contributed by atoms with Crippen LogP contribution in [-0.4, -0.2) is 27.1 Å². The number of aryl methyl sites for hydroxylation is 1. The van der Waals surface area contributed by atoms with E-state index in [-0.39, 0.29) is 22.2 Å². The molecule has 2 N–H and O–H groups in total. The van der Waals surface area contributed by atoms with Crippen molar-refractivity contribution in [2.45, 2.75) is 28.2 Å². The van der Waals surface area contributed by atoms with E-state index in [0.717, 1.165) is 16.0 Å². The first-order valence-electron chi connectivity index (χ1n) is 9.55. The Balaban J connectivity index is 1.75. The van der Waals surface area contributed by atoms with Crippen molar-refractivity contribution in [3.05, 3.63) is 82.9 Å². The van der Waals surface area contributed by atoms with Crippen molar-refractivity contribution in [2.75, 3.05) is 18.1 Å². The van der Waals surface area contributed by atoms with Gasteiger partial charge in [-0.05, 0) is 66.8 Å². The topological polar surface area (TPSA) is 75.3 Å². The Morgan fingerprint density at radius 1 is 1.03 bits per heavy atom. The van der Waals surface area contributed by atoms with Crippen molar-refractivity contribution in [3.63, 3.8) is 0 Å². The summed E-state index contributed by atoms with van der Waals surface area (Å²) in [6.45, 7) is 2.05. The Labute approximate surface area is 192 Å². The molecular formula is C23H23ClN2O3S2. The molecule has 5 nitrogen and oxygen atoms in total. The Bertz CT molecular complexity index is 1180. The number of rotatable bonds is 8. The Hall–Kier alpha value is -2.48. The largest absolute Gasteiger partial charge is 0.375 e. The molecule has 0 atom stereocenters. The van der Waals surface area contributed by atoms with Gasteiger partial charge in [-0.2, -0.15) is 0 Å². The van der Waals surface area contributed by atoms with Crippen LogP contribution in [0.25, 0.3) is 0 Å². The van der Waals surface area contributed by atoms with E-state index >= 15 is 0 Å². The smallest absolute Gasteiger partial charge is 0.239 e. The molecule has 0 aliphatic rings. The molecule has 8 heteroatoms. The molecule has 31 heavy (non-hydrogen) atoms. The second-order valence-corrected chi connectivity index (χ2v) is 10.1. The van der Waals surface area contributed by atoms with Crippen LogP contribution in [0.3, 0.4) is 0 Å². The van der Waals surface area contributed by atoms with Gasteiger partial charge in [0.1, 0.15) is 0 Å². The van der Waals surface area contributed by atoms with Gasteiger partial charge >= 0.3 is 0 Å². The van der Waals surface area contributed by atoms with Gasteiger partial charge in [0, 0.05) is 16.5 Å². The van der Waals surface area contributed by atoms with E-state index in [2.05, 4.69) is 10.6 Å². The molecule has 0 aromatic heterocycles. The third-order valence-corrected chi connectivity index (χ3v) is 7.59. The summed E-state index contributed by atoms with van der Waals surface area (Å²) in [5.41, 5.74) is 2.00. The van der Waals surface area contributed by atoms with Crippen LogP contribution in [0.5, 0.6) is 0 Å². The number of amides is 1. The maximum absolute atomic E-state index is 13.2. The molecule has 0 heterocycles. The summed E-state index contributed by atoms with van der Waals surface area (Å²) in [6, 6.07) is 19.1. The number of carbonyl (C=O) groups is 1. The zero-order valence-electron chi connectivity index (χ0n) is 17.2. The molecule has 0 radical (unpaired) electrons. The highest BCUT2D eigenvalue weighted by molar-refractivity contribution is 7.98. The van der Waals surface area contributed by atoms with Gasteiger partial charge in [0.05, 0.1) is 22.0 Å². The van der Waals surface area contributed by atoms with Crippen molar-refractivity contribution >= 4 is 44.8 Å². The molecule has 162 valence electrons. The fourth-order valence-corrected chi connectivity index (χ4v) is 5.08. The summed E-state index contributed by atoms with van der Waals surface area (Å²) in [4.78, 5) is 13.6. The normalized spacial score (nSPS) is 11.2. The highest BCUT2D eigenvalue weighted by atomic mass is 35.5. The summed E-state index contributed by atoms with van der Waals surface area (Å²) in [6.07, 6.45) is 1.93. The van der Waals surface area contributed by atoms with Crippen molar-refractivity contribution in [3.8, 4) is 0 Å². The Morgan fingerprint density at radius 2 is 1.74 bits per heavy atom.